The van der Waals surface area contributed by atoms with Crippen LogP contribution in [0.15, 0.2) is 47.4 Å². The van der Waals surface area contributed by atoms with Crippen LogP contribution in [0, 0.1) is 5.92 Å². The maximum atomic E-state index is 13.2. The summed E-state index contributed by atoms with van der Waals surface area (Å²) in [7, 11) is -2.25. The molecular weight excluding hydrogens is 404 g/mol. The predicted molar refractivity (Wildman–Crippen MR) is 113 cm³/mol. The van der Waals surface area contributed by atoms with Crippen LogP contribution in [0.2, 0.25) is 0 Å². The molecule has 1 amide bonds. The summed E-state index contributed by atoms with van der Waals surface area (Å²) in [4.78, 5) is 12.9. The lowest BCUT2D eigenvalue weighted by Gasteiger charge is -2.27. The Labute approximate surface area is 177 Å². The van der Waals surface area contributed by atoms with E-state index in [2.05, 4.69) is 5.32 Å². The van der Waals surface area contributed by atoms with Crippen molar-refractivity contribution in [1.29, 1.82) is 0 Å². The number of hydrogen-bond acceptors (Lipinski definition) is 5. The average molecular weight is 431 g/mol. The predicted octanol–water partition coefficient (Wildman–Crippen LogP) is 3.06. The zero-order chi connectivity index (χ0) is 21.1. The van der Waals surface area contributed by atoms with Gasteiger partial charge in [0, 0.05) is 18.8 Å². The Morgan fingerprint density at radius 3 is 2.67 bits per heavy atom. The Kier molecular flexibility index (Phi) is 5.97. The lowest BCUT2D eigenvalue weighted by molar-refractivity contribution is -0.121. The van der Waals surface area contributed by atoms with E-state index in [1.807, 2.05) is 24.3 Å². The van der Waals surface area contributed by atoms with Crippen LogP contribution in [-0.2, 0) is 21.2 Å². The number of sulfonamides is 1. The number of para-hydroxylation sites is 1. The number of carbonyl (C=O) groups excluding carboxylic acids is 1. The van der Waals surface area contributed by atoms with Gasteiger partial charge in [0.05, 0.1) is 13.0 Å². The summed E-state index contributed by atoms with van der Waals surface area (Å²) >= 11 is 0. The smallest absolute Gasteiger partial charge is 0.246 e. The monoisotopic (exact) mass is 430 g/mol. The number of nitrogens with zero attached hydrogens (tertiary/aromatic N) is 1. The van der Waals surface area contributed by atoms with Crippen LogP contribution in [0.3, 0.4) is 0 Å². The highest BCUT2D eigenvalue weighted by atomic mass is 32.2. The molecule has 0 spiro atoms. The highest BCUT2D eigenvalue weighted by Gasteiger charge is 2.30. The summed E-state index contributed by atoms with van der Waals surface area (Å²) in [5, 5.41) is 2.85. The van der Waals surface area contributed by atoms with Gasteiger partial charge in [-0.15, -0.1) is 0 Å². The number of carbonyl (C=O) groups is 1. The summed E-state index contributed by atoms with van der Waals surface area (Å²) in [6.07, 6.45) is 3.31. The van der Waals surface area contributed by atoms with E-state index in [1.165, 1.54) is 17.5 Å². The van der Waals surface area contributed by atoms with Gasteiger partial charge in [0.25, 0.3) is 0 Å². The van der Waals surface area contributed by atoms with E-state index in [0.29, 0.717) is 25.2 Å². The fourth-order valence-corrected chi connectivity index (χ4v) is 5.64. The molecule has 2 aliphatic heterocycles. The first-order valence-corrected chi connectivity index (χ1v) is 11.6. The number of benzene rings is 2. The molecule has 2 aromatic carbocycles. The summed E-state index contributed by atoms with van der Waals surface area (Å²) in [5.41, 5.74) is 1.42. The van der Waals surface area contributed by atoms with Gasteiger partial charge < -0.3 is 14.8 Å². The molecule has 1 atom stereocenters. The van der Waals surface area contributed by atoms with Crippen molar-refractivity contribution in [2.45, 2.75) is 30.6 Å². The lowest BCUT2D eigenvalue weighted by Crippen LogP contribution is -2.36. The minimum absolute atomic E-state index is 0.0786. The molecule has 8 heteroatoms. The van der Waals surface area contributed by atoms with Crippen LogP contribution in [-0.4, -0.2) is 45.4 Å². The van der Waals surface area contributed by atoms with E-state index in [9.17, 15) is 13.2 Å². The third-order valence-electron chi connectivity index (χ3n) is 5.61. The summed E-state index contributed by atoms with van der Waals surface area (Å²) in [6, 6.07) is 12.4. The third kappa shape index (κ3) is 4.15. The van der Waals surface area contributed by atoms with Gasteiger partial charge in [-0.2, -0.15) is 4.31 Å². The number of fused-ring (bicyclic) bond motifs is 1. The Hall–Kier alpha value is -2.58. The molecule has 1 N–H and O–H groups in total. The zero-order valence-electron chi connectivity index (χ0n) is 17.0. The Morgan fingerprint density at radius 1 is 1.13 bits per heavy atom. The average Bonchev–Trinajstić information content (AvgIpc) is 2.79. The second kappa shape index (κ2) is 8.65. The van der Waals surface area contributed by atoms with Gasteiger partial charge in [-0.05, 0) is 49.1 Å². The first kappa shape index (κ1) is 20.7. The fourth-order valence-electron chi connectivity index (χ4n) is 3.94. The molecule has 2 heterocycles. The van der Waals surface area contributed by atoms with E-state index in [1.54, 1.807) is 12.1 Å². The minimum atomic E-state index is -3.70. The standard InChI is InChI=1S/C22H26N2O5S/c1-28-20-10-9-18(14-21(20)30(26,27)24-11-5-2-6-12-24)23-22(25)17-13-16-7-3-4-8-19(16)29-15-17/h3-4,7-10,14,17H,2,5-6,11-13,15H2,1H3,(H,23,25)/t17-/m0/s1. The summed E-state index contributed by atoms with van der Waals surface area (Å²) in [5.74, 6) is 0.537. The quantitative estimate of drug-likeness (QED) is 0.788. The fraction of sp³-hybridized carbons (Fsp3) is 0.409. The van der Waals surface area contributed by atoms with Crippen LogP contribution in [0.4, 0.5) is 5.69 Å². The Bertz CT molecular complexity index is 1030. The highest BCUT2D eigenvalue weighted by molar-refractivity contribution is 7.89. The maximum Gasteiger partial charge on any atom is 0.246 e. The van der Waals surface area contributed by atoms with Crippen molar-refractivity contribution in [2.75, 3.05) is 32.1 Å². The van der Waals surface area contributed by atoms with E-state index in [-0.39, 0.29) is 29.1 Å². The molecule has 0 radical (unpaired) electrons. The van der Waals surface area contributed by atoms with Crippen LogP contribution in [0.25, 0.3) is 0 Å². The number of amides is 1. The summed E-state index contributed by atoms with van der Waals surface area (Å²) < 4.78 is 38.8. The van der Waals surface area contributed by atoms with Gasteiger partial charge in [-0.3, -0.25) is 4.79 Å². The molecule has 0 unspecified atom stereocenters. The molecule has 2 aromatic rings. The minimum Gasteiger partial charge on any atom is -0.495 e. The van der Waals surface area contributed by atoms with E-state index in [0.717, 1.165) is 30.6 Å². The molecule has 0 saturated carbocycles. The number of piperidine rings is 1. The first-order chi connectivity index (χ1) is 14.5. The van der Waals surface area contributed by atoms with Crippen LogP contribution in [0.5, 0.6) is 11.5 Å². The van der Waals surface area contributed by atoms with Crippen molar-refractivity contribution >= 4 is 21.6 Å². The van der Waals surface area contributed by atoms with Gasteiger partial charge in [0.15, 0.2) is 0 Å². The van der Waals surface area contributed by atoms with E-state index < -0.39 is 10.0 Å². The van der Waals surface area contributed by atoms with Crippen LogP contribution < -0.4 is 14.8 Å². The SMILES string of the molecule is COc1ccc(NC(=O)[C@@H]2COc3ccccc3C2)cc1S(=O)(=O)N1CCCCC1. The molecule has 160 valence electrons. The second-order valence-electron chi connectivity index (χ2n) is 7.64. The second-order valence-corrected chi connectivity index (χ2v) is 9.55. The van der Waals surface area contributed by atoms with Crippen LogP contribution in [0.1, 0.15) is 24.8 Å². The molecule has 0 bridgehead atoms. The van der Waals surface area contributed by atoms with Crippen molar-refractivity contribution in [3.63, 3.8) is 0 Å². The maximum absolute atomic E-state index is 13.2. The largest absolute Gasteiger partial charge is 0.495 e. The van der Waals surface area contributed by atoms with Crippen LogP contribution >= 0.6 is 0 Å². The molecule has 7 nitrogen and oxygen atoms in total. The van der Waals surface area contributed by atoms with Crippen molar-refractivity contribution in [1.82, 2.24) is 4.31 Å². The normalized spacial score (nSPS) is 19.4. The number of rotatable bonds is 5. The number of anilines is 1. The van der Waals surface area contributed by atoms with Gasteiger partial charge in [-0.25, -0.2) is 8.42 Å². The molecule has 1 saturated heterocycles. The van der Waals surface area contributed by atoms with Gasteiger partial charge in [-0.1, -0.05) is 24.6 Å². The van der Waals surface area contributed by atoms with Crippen molar-refractivity contribution in [3.8, 4) is 11.5 Å². The van der Waals surface area contributed by atoms with Gasteiger partial charge >= 0.3 is 0 Å². The number of nitrogens with one attached hydrogen (secondary N) is 1. The summed E-state index contributed by atoms with van der Waals surface area (Å²) in [6.45, 7) is 1.29. The zero-order valence-corrected chi connectivity index (χ0v) is 17.8. The topological polar surface area (TPSA) is 84.9 Å². The van der Waals surface area contributed by atoms with Crippen molar-refractivity contribution in [3.05, 3.63) is 48.0 Å². The van der Waals surface area contributed by atoms with Gasteiger partial charge in [0.2, 0.25) is 15.9 Å². The number of ether oxygens (including phenoxy) is 2. The van der Waals surface area contributed by atoms with Crippen molar-refractivity contribution < 1.29 is 22.7 Å². The van der Waals surface area contributed by atoms with E-state index in [4.69, 9.17) is 9.47 Å². The first-order valence-electron chi connectivity index (χ1n) is 10.2. The van der Waals surface area contributed by atoms with Crippen molar-refractivity contribution in [2.24, 2.45) is 5.92 Å². The molecule has 0 aromatic heterocycles. The van der Waals surface area contributed by atoms with E-state index >= 15 is 0 Å². The number of methoxy groups -OCH3 is 1. The molecule has 0 aliphatic carbocycles. The highest BCUT2D eigenvalue weighted by Crippen LogP contribution is 2.32. The molecule has 4 rings (SSSR count). The Morgan fingerprint density at radius 2 is 1.90 bits per heavy atom. The molecule has 2 aliphatic rings. The third-order valence-corrected chi connectivity index (χ3v) is 7.53. The molecule has 1 fully saturated rings. The molecule has 30 heavy (non-hydrogen) atoms. The lowest BCUT2D eigenvalue weighted by atomic mass is 9.96. The number of hydrogen-bond donors (Lipinski definition) is 1. The molecular formula is C22H26N2O5S. The Balaban J connectivity index is 1.54. The van der Waals surface area contributed by atoms with Gasteiger partial charge in [0.1, 0.15) is 23.0 Å².